The molecule has 0 fully saturated rings. The minimum atomic E-state index is 0.309. The van der Waals surface area contributed by atoms with E-state index in [-0.39, 0.29) is 0 Å². The van der Waals surface area contributed by atoms with Gasteiger partial charge in [-0.15, -0.1) is 6.58 Å². The summed E-state index contributed by atoms with van der Waals surface area (Å²) in [5, 5.41) is 3.49. The zero-order valence-corrected chi connectivity index (χ0v) is 9.95. The fourth-order valence-corrected chi connectivity index (χ4v) is 1.56. The second kappa shape index (κ2) is 5.71. The largest absolute Gasteiger partial charge is 0.340 e. The molecule has 0 spiro atoms. The van der Waals surface area contributed by atoms with E-state index in [2.05, 4.69) is 36.9 Å². The summed E-state index contributed by atoms with van der Waals surface area (Å²) in [6.45, 7) is 9.21. The standard InChI is InChI=1S/C12H21N3/c1-5-6-13-11(7-10(2)3)12-8-15(4)9-14-12/h8-9,11,13H,2,5-7H2,1,3-4H3. The van der Waals surface area contributed by atoms with Gasteiger partial charge in [-0.2, -0.15) is 0 Å². The molecule has 1 rings (SSSR count). The SMILES string of the molecule is C=C(C)CC(NCCC)c1cn(C)cn1. The third kappa shape index (κ3) is 3.88. The molecule has 0 radical (unpaired) electrons. The van der Waals surface area contributed by atoms with Gasteiger partial charge in [-0.1, -0.05) is 12.5 Å². The molecule has 1 heterocycles. The molecular formula is C12H21N3. The van der Waals surface area contributed by atoms with E-state index in [4.69, 9.17) is 0 Å². The van der Waals surface area contributed by atoms with E-state index < -0.39 is 0 Å². The van der Waals surface area contributed by atoms with Crippen molar-refractivity contribution in [3.63, 3.8) is 0 Å². The van der Waals surface area contributed by atoms with E-state index in [1.807, 2.05) is 17.9 Å². The molecule has 0 aliphatic heterocycles. The van der Waals surface area contributed by atoms with E-state index in [9.17, 15) is 0 Å². The summed E-state index contributed by atoms with van der Waals surface area (Å²) in [7, 11) is 1.99. The van der Waals surface area contributed by atoms with Crippen molar-refractivity contribution < 1.29 is 0 Å². The molecule has 0 aromatic carbocycles. The number of imidazole rings is 1. The molecule has 1 atom stereocenters. The maximum absolute atomic E-state index is 4.38. The molecule has 0 bridgehead atoms. The molecule has 0 saturated heterocycles. The monoisotopic (exact) mass is 207 g/mol. The van der Waals surface area contributed by atoms with Crippen LogP contribution in [0.25, 0.3) is 0 Å². The molecule has 1 N–H and O–H groups in total. The number of hydrogen-bond donors (Lipinski definition) is 1. The first-order valence-corrected chi connectivity index (χ1v) is 5.49. The lowest BCUT2D eigenvalue weighted by Gasteiger charge is -2.16. The van der Waals surface area contributed by atoms with Crippen LogP contribution < -0.4 is 5.32 Å². The van der Waals surface area contributed by atoms with E-state index in [1.54, 1.807) is 0 Å². The van der Waals surface area contributed by atoms with Crippen LogP contribution in [0.15, 0.2) is 24.7 Å². The van der Waals surface area contributed by atoms with Crippen LogP contribution >= 0.6 is 0 Å². The summed E-state index contributed by atoms with van der Waals surface area (Å²) in [6.07, 6.45) is 6.00. The molecule has 1 aromatic heterocycles. The Morgan fingerprint density at radius 1 is 1.67 bits per heavy atom. The molecule has 3 nitrogen and oxygen atoms in total. The molecule has 0 amide bonds. The van der Waals surface area contributed by atoms with Crippen LogP contribution in [0.5, 0.6) is 0 Å². The molecular weight excluding hydrogens is 186 g/mol. The molecule has 84 valence electrons. The fourth-order valence-electron chi connectivity index (χ4n) is 1.56. The summed E-state index contributed by atoms with van der Waals surface area (Å²) in [5.41, 5.74) is 2.29. The molecule has 1 aromatic rings. The first-order chi connectivity index (χ1) is 7.13. The van der Waals surface area contributed by atoms with Gasteiger partial charge in [-0.3, -0.25) is 0 Å². The Hall–Kier alpha value is -1.09. The highest BCUT2D eigenvalue weighted by atomic mass is 15.0. The summed E-state index contributed by atoms with van der Waals surface area (Å²) < 4.78 is 1.98. The van der Waals surface area contributed by atoms with Gasteiger partial charge >= 0.3 is 0 Å². The Bertz CT molecular complexity index is 314. The maximum Gasteiger partial charge on any atom is 0.0947 e. The molecule has 0 saturated carbocycles. The Morgan fingerprint density at radius 3 is 2.87 bits per heavy atom. The van der Waals surface area contributed by atoms with E-state index in [0.29, 0.717) is 6.04 Å². The first-order valence-electron chi connectivity index (χ1n) is 5.49. The summed E-state index contributed by atoms with van der Waals surface area (Å²) in [4.78, 5) is 4.38. The minimum absolute atomic E-state index is 0.309. The van der Waals surface area contributed by atoms with Crippen molar-refractivity contribution in [2.45, 2.75) is 32.7 Å². The smallest absolute Gasteiger partial charge is 0.0947 e. The first kappa shape index (κ1) is 12.0. The Morgan fingerprint density at radius 2 is 2.40 bits per heavy atom. The quantitative estimate of drug-likeness (QED) is 0.726. The normalized spacial score (nSPS) is 12.7. The van der Waals surface area contributed by atoms with Crippen molar-refractivity contribution in [2.75, 3.05) is 6.54 Å². The summed E-state index contributed by atoms with van der Waals surface area (Å²) in [5.74, 6) is 0. The van der Waals surface area contributed by atoms with Crippen molar-refractivity contribution in [3.05, 3.63) is 30.4 Å². The van der Waals surface area contributed by atoms with Gasteiger partial charge in [0.15, 0.2) is 0 Å². The summed E-state index contributed by atoms with van der Waals surface area (Å²) in [6, 6.07) is 0.309. The van der Waals surface area contributed by atoms with Crippen LogP contribution in [0.3, 0.4) is 0 Å². The molecule has 1 unspecified atom stereocenters. The molecule has 0 aliphatic rings. The van der Waals surface area contributed by atoms with Gasteiger partial charge in [-0.05, 0) is 26.3 Å². The maximum atomic E-state index is 4.38. The number of nitrogens with zero attached hydrogens (tertiary/aromatic N) is 2. The van der Waals surface area contributed by atoms with Crippen molar-refractivity contribution in [1.29, 1.82) is 0 Å². The second-order valence-corrected chi connectivity index (χ2v) is 4.13. The Kier molecular flexibility index (Phi) is 4.56. The van der Waals surface area contributed by atoms with Crippen molar-refractivity contribution in [1.82, 2.24) is 14.9 Å². The van der Waals surface area contributed by atoms with Crippen LogP contribution in [0.1, 0.15) is 38.4 Å². The predicted molar refractivity (Wildman–Crippen MR) is 63.7 cm³/mol. The Labute approximate surface area is 92.2 Å². The third-order valence-corrected chi connectivity index (χ3v) is 2.28. The molecule has 15 heavy (non-hydrogen) atoms. The van der Waals surface area contributed by atoms with Crippen molar-refractivity contribution in [3.8, 4) is 0 Å². The zero-order valence-electron chi connectivity index (χ0n) is 9.95. The molecule has 0 aliphatic carbocycles. The average Bonchev–Trinajstić information content (AvgIpc) is 2.58. The number of nitrogens with one attached hydrogen (secondary N) is 1. The van der Waals surface area contributed by atoms with Crippen LogP contribution in [0.4, 0.5) is 0 Å². The van der Waals surface area contributed by atoms with Gasteiger partial charge in [0.1, 0.15) is 0 Å². The van der Waals surface area contributed by atoms with E-state index >= 15 is 0 Å². The third-order valence-electron chi connectivity index (χ3n) is 2.28. The summed E-state index contributed by atoms with van der Waals surface area (Å²) >= 11 is 0. The number of hydrogen-bond acceptors (Lipinski definition) is 2. The minimum Gasteiger partial charge on any atom is -0.340 e. The van der Waals surface area contributed by atoms with Gasteiger partial charge in [-0.25, -0.2) is 4.98 Å². The zero-order chi connectivity index (χ0) is 11.3. The fraction of sp³-hybridized carbons (Fsp3) is 0.583. The van der Waals surface area contributed by atoms with Crippen molar-refractivity contribution >= 4 is 0 Å². The average molecular weight is 207 g/mol. The van der Waals surface area contributed by atoms with Gasteiger partial charge in [0.2, 0.25) is 0 Å². The number of aryl methyl sites for hydroxylation is 1. The van der Waals surface area contributed by atoms with Crippen LogP contribution in [0.2, 0.25) is 0 Å². The van der Waals surface area contributed by atoms with E-state index in [0.717, 1.165) is 25.1 Å². The van der Waals surface area contributed by atoms with Gasteiger partial charge in [0.25, 0.3) is 0 Å². The second-order valence-electron chi connectivity index (χ2n) is 4.13. The topological polar surface area (TPSA) is 29.9 Å². The Balaban J connectivity index is 2.66. The highest BCUT2D eigenvalue weighted by Crippen LogP contribution is 2.18. The predicted octanol–water partition coefficient (Wildman–Crippen LogP) is 2.43. The van der Waals surface area contributed by atoms with Gasteiger partial charge in [0.05, 0.1) is 18.1 Å². The van der Waals surface area contributed by atoms with Crippen LogP contribution in [-0.2, 0) is 7.05 Å². The lowest BCUT2D eigenvalue weighted by Crippen LogP contribution is -2.22. The highest BCUT2D eigenvalue weighted by molar-refractivity contribution is 5.08. The highest BCUT2D eigenvalue weighted by Gasteiger charge is 2.12. The van der Waals surface area contributed by atoms with E-state index in [1.165, 1.54) is 5.57 Å². The van der Waals surface area contributed by atoms with Crippen molar-refractivity contribution in [2.24, 2.45) is 7.05 Å². The molecule has 3 heteroatoms. The van der Waals surface area contributed by atoms with Gasteiger partial charge < -0.3 is 9.88 Å². The lowest BCUT2D eigenvalue weighted by atomic mass is 10.1. The number of rotatable bonds is 6. The lowest BCUT2D eigenvalue weighted by molar-refractivity contribution is 0.518. The number of aromatic nitrogens is 2. The van der Waals surface area contributed by atoms with Crippen LogP contribution in [0, 0.1) is 0 Å². The van der Waals surface area contributed by atoms with Crippen LogP contribution in [-0.4, -0.2) is 16.1 Å². The van der Waals surface area contributed by atoms with Gasteiger partial charge in [0, 0.05) is 13.2 Å².